The van der Waals surface area contributed by atoms with Gasteiger partial charge in [-0.15, -0.1) is 0 Å². The van der Waals surface area contributed by atoms with E-state index in [-0.39, 0.29) is 11.6 Å². The Balaban J connectivity index is 1.66. The number of hydrogen-bond donors (Lipinski definition) is 3. The van der Waals surface area contributed by atoms with Crippen LogP contribution in [0.5, 0.6) is 0 Å². The number of amides is 1. The maximum Gasteiger partial charge on any atom is 0.251 e. The zero-order chi connectivity index (χ0) is 25.5. The van der Waals surface area contributed by atoms with E-state index in [1.54, 1.807) is 18.3 Å². The Hall–Kier alpha value is -3.41. The summed E-state index contributed by atoms with van der Waals surface area (Å²) < 4.78 is 38.3. The number of nitrogens with one attached hydrogen (secondary N) is 2. The Kier molecular flexibility index (Phi) is 8.57. The average Bonchev–Trinajstić information content (AvgIpc) is 2.87. The zero-order valence-corrected chi connectivity index (χ0v) is 20.1. The van der Waals surface area contributed by atoms with Crippen LogP contribution in [0, 0.1) is 11.6 Å². The van der Waals surface area contributed by atoms with Crippen LogP contribution in [0.25, 0.3) is 11.0 Å². The number of morpholine rings is 1. The number of nitrogens with zero attached hydrogens (tertiary/aromatic N) is 3. The molecule has 0 saturated carbocycles. The van der Waals surface area contributed by atoms with Gasteiger partial charge in [-0.3, -0.25) is 9.78 Å². The SMILES string of the molecule is CC(Nc1cc(F)cc(F)c1)c1cc(C(=O)NCCOCCN)cc2ncc(N3CCOCC3)nc12. The number of ether oxygens (including phenoxy) is 2. The first-order valence-corrected chi connectivity index (χ1v) is 11.9. The van der Waals surface area contributed by atoms with E-state index in [1.807, 2.05) is 6.92 Å². The molecule has 36 heavy (non-hydrogen) atoms. The number of carbonyl (C=O) groups is 1. The molecule has 0 radical (unpaired) electrons. The van der Waals surface area contributed by atoms with Crippen molar-refractivity contribution >= 4 is 28.4 Å². The first kappa shape index (κ1) is 25.7. The van der Waals surface area contributed by atoms with Gasteiger partial charge in [-0.2, -0.15) is 0 Å². The number of nitrogens with two attached hydrogens (primary N) is 1. The molecule has 4 N–H and O–H groups in total. The third-order valence-electron chi connectivity index (χ3n) is 5.77. The van der Waals surface area contributed by atoms with Crippen LogP contribution < -0.4 is 21.3 Å². The molecule has 11 heteroatoms. The van der Waals surface area contributed by atoms with Gasteiger partial charge in [-0.05, 0) is 31.2 Å². The fourth-order valence-corrected chi connectivity index (χ4v) is 4.03. The third-order valence-corrected chi connectivity index (χ3v) is 5.77. The van der Waals surface area contributed by atoms with Crippen LogP contribution in [0.4, 0.5) is 20.3 Å². The number of benzene rings is 2. The van der Waals surface area contributed by atoms with E-state index < -0.39 is 17.7 Å². The molecule has 1 aromatic heterocycles. The van der Waals surface area contributed by atoms with Gasteiger partial charge in [0.15, 0.2) is 0 Å². The van der Waals surface area contributed by atoms with Crippen LogP contribution in [0.2, 0.25) is 0 Å². The summed E-state index contributed by atoms with van der Waals surface area (Å²) in [5, 5.41) is 5.94. The van der Waals surface area contributed by atoms with Crippen LogP contribution >= 0.6 is 0 Å². The number of anilines is 2. The zero-order valence-electron chi connectivity index (χ0n) is 20.1. The van der Waals surface area contributed by atoms with E-state index >= 15 is 0 Å². The number of rotatable bonds is 10. The van der Waals surface area contributed by atoms with Crippen LogP contribution in [0.15, 0.2) is 36.5 Å². The lowest BCUT2D eigenvalue weighted by atomic mass is 10.0. The van der Waals surface area contributed by atoms with E-state index in [9.17, 15) is 13.6 Å². The topological polar surface area (TPSA) is 115 Å². The quantitative estimate of drug-likeness (QED) is 0.364. The minimum Gasteiger partial charge on any atom is -0.378 e. The fourth-order valence-electron chi connectivity index (χ4n) is 4.03. The summed E-state index contributed by atoms with van der Waals surface area (Å²) in [5.41, 5.74) is 7.88. The summed E-state index contributed by atoms with van der Waals surface area (Å²) in [4.78, 5) is 24.4. The number of carbonyl (C=O) groups excluding carboxylic acids is 1. The van der Waals surface area contributed by atoms with Gasteiger partial charge in [0, 0.05) is 49.1 Å². The highest BCUT2D eigenvalue weighted by molar-refractivity contribution is 5.98. The molecule has 2 aromatic carbocycles. The van der Waals surface area contributed by atoms with Gasteiger partial charge < -0.3 is 30.7 Å². The van der Waals surface area contributed by atoms with Crippen molar-refractivity contribution in [3.05, 3.63) is 59.3 Å². The predicted octanol–water partition coefficient (Wildman–Crippen LogP) is 2.62. The molecule has 1 aliphatic rings. The lowest BCUT2D eigenvalue weighted by Gasteiger charge is -2.28. The first-order chi connectivity index (χ1) is 17.4. The third kappa shape index (κ3) is 6.42. The summed E-state index contributed by atoms with van der Waals surface area (Å²) >= 11 is 0. The monoisotopic (exact) mass is 500 g/mol. The smallest absolute Gasteiger partial charge is 0.251 e. The molecule has 0 spiro atoms. The maximum atomic E-state index is 13.8. The molecular formula is C25H30F2N6O3. The predicted molar refractivity (Wildman–Crippen MR) is 133 cm³/mol. The summed E-state index contributed by atoms with van der Waals surface area (Å²) in [6.07, 6.45) is 1.68. The van der Waals surface area contributed by atoms with Gasteiger partial charge in [0.05, 0.1) is 49.7 Å². The van der Waals surface area contributed by atoms with Crippen LogP contribution in [-0.2, 0) is 9.47 Å². The molecule has 1 unspecified atom stereocenters. The molecule has 1 amide bonds. The second-order valence-electron chi connectivity index (χ2n) is 8.44. The Morgan fingerprint density at radius 1 is 1.17 bits per heavy atom. The molecule has 1 atom stereocenters. The maximum absolute atomic E-state index is 13.8. The van der Waals surface area contributed by atoms with Gasteiger partial charge >= 0.3 is 0 Å². The minimum absolute atomic E-state index is 0.275. The molecule has 9 nitrogen and oxygen atoms in total. The fraction of sp³-hybridized carbons (Fsp3) is 0.400. The second-order valence-corrected chi connectivity index (χ2v) is 8.44. The van der Waals surface area contributed by atoms with Crippen LogP contribution in [-0.4, -0.2) is 68.5 Å². The van der Waals surface area contributed by atoms with Crippen molar-refractivity contribution in [1.29, 1.82) is 0 Å². The highest BCUT2D eigenvalue weighted by Crippen LogP contribution is 2.29. The van der Waals surface area contributed by atoms with E-state index in [4.69, 9.17) is 20.2 Å². The highest BCUT2D eigenvalue weighted by Gasteiger charge is 2.20. The van der Waals surface area contributed by atoms with Crippen molar-refractivity contribution in [2.45, 2.75) is 13.0 Å². The van der Waals surface area contributed by atoms with Gasteiger partial charge in [0.2, 0.25) is 0 Å². The van der Waals surface area contributed by atoms with E-state index in [0.717, 1.165) is 6.07 Å². The summed E-state index contributed by atoms with van der Waals surface area (Å²) in [5.74, 6) is -0.967. The highest BCUT2D eigenvalue weighted by atomic mass is 19.1. The van der Waals surface area contributed by atoms with Gasteiger partial charge in [0.1, 0.15) is 17.5 Å². The van der Waals surface area contributed by atoms with Crippen molar-refractivity contribution in [1.82, 2.24) is 15.3 Å². The molecule has 3 aromatic rings. The lowest BCUT2D eigenvalue weighted by Crippen LogP contribution is -2.36. The van der Waals surface area contributed by atoms with E-state index in [2.05, 4.69) is 20.5 Å². The van der Waals surface area contributed by atoms with Gasteiger partial charge in [-0.1, -0.05) is 0 Å². The molecule has 1 aliphatic heterocycles. The van der Waals surface area contributed by atoms with Crippen molar-refractivity contribution in [2.24, 2.45) is 5.73 Å². The number of aromatic nitrogens is 2. The van der Waals surface area contributed by atoms with Gasteiger partial charge in [-0.25, -0.2) is 13.8 Å². The molecule has 192 valence electrons. The molecule has 4 rings (SSSR count). The molecule has 2 heterocycles. The largest absolute Gasteiger partial charge is 0.378 e. The minimum atomic E-state index is -0.686. The molecule has 0 aliphatic carbocycles. The lowest BCUT2D eigenvalue weighted by molar-refractivity contribution is 0.0920. The Labute approximate surface area is 208 Å². The van der Waals surface area contributed by atoms with Crippen LogP contribution in [0.3, 0.4) is 0 Å². The average molecular weight is 501 g/mol. The Bertz CT molecular complexity index is 1190. The summed E-state index contributed by atoms with van der Waals surface area (Å²) in [6.45, 7) is 5.92. The normalized spacial score (nSPS) is 14.6. The first-order valence-electron chi connectivity index (χ1n) is 11.9. The van der Waals surface area contributed by atoms with Crippen LogP contribution in [0.1, 0.15) is 28.9 Å². The standard InChI is InChI=1S/C25H30F2N6O3/c1-16(31-20-13-18(26)12-19(27)14-20)21-10-17(25(34)29-3-7-35-6-2-28)11-22-24(21)32-23(15-30-22)33-4-8-36-9-5-33/h10-16,31H,2-9,28H2,1H3,(H,29,34). The number of hydrogen-bond acceptors (Lipinski definition) is 8. The van der Waals surface area contributed by atoms with Crippen molar-refractivity contribution in [3.63, 3.8) is 0 Å². The molecule has 1 fully saturated rings. The summed E-state index contributed by atoms with van der Waals surface area (Å²) in [7, 11) is 0. The Morgan fingerprint density at radius 2 is 1.92 bits per heavy atom. The second kappa shape index (κ2) is 12.0. The van der Waals surface area contributed by atoms with E-state index in [1.165, 1.54) is 12.1 Å². The Morgan fingerprint density at radius 3 is 2.64 bits per heavy atom. The van der Waals surface area contributed by atoms with Crippen molar-refractivity contribution < 1.29 is 23.0 Å². The van der Waals surface area contributed by atoms with Gasteiger partial charge in [0.25, 0.3) is 5.91 Å². The number of halogens is 2. The van der Waals surface area contributed by atoms with E-state index in [0.29, 0.717) is 80.6 Å². The molecule has 0 bridgehead atoms. The number of fused-ring (bicyclic) bond motifs is 1. The van der Waals surface area contributed by atoms with Crippen molar-refractivity contribution in [2.75, 3.05) is 62.8 Å². The molecule has 1 saturated heterocycles. The van der Waals surface area contributed by atoms with Crippen molar-refractivity contribution in [3.8, 4) is 0 Å². The molecular weight excluding hydrogens is 470 g/mol. The summed E-state index contributed by atoms with van der Waals surface area (Å²) in [6, 6.07) is 6.20.